The van der Waals surface area contributed by atoms with Crippen LogP contribution in [0.1, 0.15) is 23.6 Å². The minimum Gasteiger partial charge on any atom is -0.455 e. The van der Waals surface area contributed by atoms with E-state index in [0.717, 1.165) is 22.4 Å². The second-order valence-electron chi connectivity index (χ2n) is 8.34. The van der Waals surface area contributed by atoms with E-state index in [0.29, 0.717) is 17.2 Å². The van der Waals surface area contributed by atoms with Crippen LogP contribution >= 0.6 is 0 Å². The first-order valence-electron chi connectivity index (χ1n) is 11.3. The molecule has 4 rings (SSSR count). The van der Waals surface area contributed by atoms with Crippen molar-refractivity contribution in [1.82, 2.24) is 9.78 Å². The van der Waals surface area contributed by atoms with Crippen LogP contribution in [0.25, 0.3) is 5.69 Å². The lowest BCUT2D eigenvalue weighted by Crippen LogP contribution is -2.14. The molecule has 7 nitrogen and oxygen atoms in total. The van der Waals surface area contributed by atoms with Gasteiger partial charge in [0, 0.05) is 18.0 Å². The standard InChI is InChI=1S/C27H27N3O4S/c1-4-35(32,33)24-11-8-21(9-12-24)15-27(31)29-22-10-13-25(30-18-20(3)17-28-30)26(16-22)34-23-7-5-6-19(2)14-23/h5-14,16-18H,4,15H2,1-3H3,(H,29,31). The molecule has 1 amide bonds. The topological polar surface area (TPSA) is 90.3 Å². The second kappa shape index (κ2) is 10.1. The van der Waals surface area contributed by atoms with Crippen molar-refractivity contribution in [2.45, 2.75) is 32.1 Å². The Morgan fingerprint density at radius 1 is 1.00 bits per heavy atom. The zero-order chi connectivity index (χ0) is 25.0. The van der Waals surface area contributed by atoms with Crippen molar-refractivity contribution >= 4 is 21.4 Å². The highest BCUT2D eigenvalue weighted by Crippen LogP contribution is 2.31. The molecule has 1 heterocycles. The average Bonchev–Trinajstić information content (AvgIpc) is 3.25. The molecule has 0 bridgehead atoms. The molecule has 1 aromatic heterocycles. The fourth-order valence-corrected chi connectivity index (χ4v) is 4.47. The third-order valence-electron chi connectivity index (χ3n) is 5.45. The van der Waals surface area contributed by atoms with Crippen LogP contribution in [0.15, 0.2) is 84.0 Å². The quantitative estimate of drug-likeness (QED) is 0.365. The number of aryl methyl sites for hydroxylation is 2. The van der Waals surface area contributed by atoms with E-state index in [1.807, 2.05) is 50.4 Å². The Morgan fingerprint density at radius 3 is 2.43 bits per heavy atom. The molecular formula is C27H27N3O4S. The van der Waals surface area contributed by atoms with Crippen LogP contribution in [0.5, 0.6) is 11.5 Å². The summed E-state index contributed by atoms with van der Waals surface area (Å²) in [4.78, 5) is 13.0. The number of carbonyl (C=O) groups is 1. The van der Waals surface area contributed by atoms with Gasteiger partial charge >= 0.3 is 0 Å². The van der Waals surface area contributed by atoms with Gasteiger partial charge in [-0.1, -0.05) is 31.2 Å². The molecule has 1 N–H and O–H groups in total. The van der Waals surface area contributed by atoms with Gasteiger partial charge in [0.05, 0.1) is 23.3 Å². The van der Waals surface area contributed by atoms with Crippen molar-refractivity contribution in [3.63, 3.8) is 0 Å². The molecule has 0 saturated carbocycles. The molecule has 0 atom stereocenters. The molecule has 0 aliphatic carbocycles. The maximum absolute atomic E-state index is 12.7. The van der Waals surface area contributed by atoms with Crippen LogP contribution in [0, 0.1) is 13.8 Å². The number of benzene rings is 3. The number of carbonyl (C=O) groups excluding carboxylic acids is 1. The van der Waals surface area contributed by atoms with Crippen LogP contribution in [-0.2, 0) is 21.1 Å². The highest BCUT2D eigenvalue weighted by Gasteiger charge is 2.14. The normalized spacial score (nSPS) is 11.3. The van der Waals surface area contributed by atoms with Gasteiger partial charge in [0.25, 0.3) is 0 Å². The van der Waals surface area contributed by atoms with Crippen molar-refractivity contribution in [3.05, 3.63) is 95.8 Å². The molecule has 0 aliphatic rings. The Bertz CT molecular complexity index is 1460. The summed E-state index contributed by atoms with van der Waals surface area (Å²) in [6.45, 7) is 5.56. The predicted molar refractivity (Wildman–Crippen MR) is 136 cm³/mol. The summed E-state index contributed by atoms with van der Waals surface area (Å²) in [5, 5.41) is 7.29. The number of hydrogen-bond acceptors (Lipinski definition) is 5. The maximum Gasteiger partial charge on any atom is 0.228 e. The lowest BCUT2D eigenvalue weighted by Gasteiger charge is -2.14. The minimum absolute atomic E-state index is 0.0356. The smallest absolute Gasteiger partial charge is 0.228 e. The summed E-state index contributed by atoms with van der Waals surface area (Å²) in [7, 11) is -3.27. The number of anilines is 1. The van der Waals surface area contributed by atoms with E-state index >= 15 is 0 Å². The first-order chi connectivity index (χ1) is 16.7. The largest absolute Gasteiger partial charge is 0.455 e. The van der Waals surface area contributed by atoms with Crippen molar-refractivity contribution in [2.75, 3.05) is 11.1 Å². The zero-order valence-corrected chi connectivity index (χ0v) is 20.7. The Balaban J connectivity index is 1.55. The highest BCUT2D eigenvalue weighted by atomic mass is 32.2. The fraction of sp³-hybridized carbons (Fsp3) is 0.185. The molecule has 3 aromatic carbocycles. The summed E-state index contributed by atoms with van der Waals surface area (Å²) >= 11 is 0. The lowest BCUT2D eigenvalue weighted by atomic mass is 10.1. The zero-order valence-electron chi connectivity index (χ0n) is 19.9. The maximum atomic E-state index is 12.7. The van der Waals surface area contributed by atoms with Gasteiger partial charge in [0.1, 0.15) is 11.4 Å². The van der Waals surface area contributed by atoms with Gasteiger partial charge in [-0.2, -0.15) is 5.10 Å². The highest BCUT2D eigenvalue weighted by molar-refractivity contribution is 7.91. The van der Waals surface area contributed by atoms with Crippen molar-refractivity contribution in [3.8, 4) is 17.2 Å². The first-order valence-corrected chi connectivity index (χ1v) is 12.9. The molecular weight excluding hydrogens is 462 g/mol. The van der Waals surface area contributed by atoms with Gasteiger partial charge in [-0.25, -0.2) is 13.1 Å². The number of sulfone groups is 1. The van der Waals surface area contributed by atoms with Crippen molar-refractivity contribution in [2.24, 2.45) is 0 Å². The van der Waals surface area contributed by atoms with Gasteiger partial charge in [-0.15, -0.1) is 0 Å². The summed E-state index contributed by atoms with van der Waals surface area (Å²) in [6, 6.07) is 19.5. The number of ether oxygens (including phenoxy) is 1. The van der Waals surface area contributed by atoms with Gasteiger partial charge < -0.3 is 10.1 Å². The van der Waals surface area contributed by atoms with Crippen LogP contribution in [0.4, 0.5) is 5.69 Å². The third-order valence-corrected chi connectivity index (χ3v) is 7.20. The van der Waals surface area contributed by atoms with Gasteiger partial charge in [-0.05, 0) is 66.9 Å². The molecule has 0 unspecified atom stereocenters. The fourth-order valence-electron chi connectivity index (χ4n) is 3.59. The molecule has 8 heteroatoms. The van der Waals surface area contributed by atoms with E-state index in [9.17, 15) is 13.2 Å². The Kier molecular flexibility index (Phi) is 7.02. The number of aromatic nitrogens is 2. The van der Waals surface area contributed by atoms with Gasteiger partial charge in [-0.3, -0.25) is 4.79 Å². The number of amides is 1. The van der Waals surface area contributed by atoms with Gasteiger partial charge in [0.15, 0.2) is 15.6 Å². The second-order valence-corrected chi connectivity index (χ2v) is 10.6. The Morgan fingerprint density at radius 2 is 1.77 bits per heavy atom. The van der Waals surface area contributed by atoms with Crippen LogP contribution < -0.4 is 10.1 Å². The molecule has 0 fully saturated rings. The monoisotopic (exact) mass is 489 g/mol. The number of rotatable bonds is 8. The van der Waals surface area contributed by atoms with E-state index in [1.54, 1.807) is 42.1 Å². The Labute approximate surface area is 205 Å². The van der Waals surface area contributed by atoms with E-state index in [-0.39, 0.29) is 23.0 Å². The molecule has 0 radical (unpaired) electrons. The first kappa shape index (κ1) is 24.2. The molecule has 0 saturated heterocycles. The Hall–Kier alpha value is -3.91. The number of nitrogens with one attached hydrogen (secondary N) is 1. The van der Waals surface area contributed by atoms with Crippen molar-refractivity contribution in [1.29, 1.82) is 0 Å². The SMILES string of the molecule is CCS(=O)(=O)c1ccc(CC(=O)Nc2ccc(-n3cc(C)cn3)c(Oc3cccc(C)c3)c2)cc1. The van der Waals surface area contributed by atoms with Crippen LogP contribution in [0.3, 0.4) is 0 Å². The van der Waals surface area contributed by atoms with Crippen LogP contribution in [0.2, 0.25) is 0 Å². The van der Waals surface area contributed by atoms with E-state index in [4.69, 9.17) is 4.74 Å². The lowest BCUT2D eigenvalue weighted by molar-refractivity contribution is -0.115. The predicted octanol–water partition coefficient (Wildman–Crippen LogP) is 5.26. The summed E-state index contributed by atoms with van der Waals surface area (Å²) in [5.41, 5.74) is 4.13. The van der Waals surface area contributed by atoms with E-state index < -0.39 is 9.84 Å². The van der Waals surface area contributed by atoms with Crippen LogP contribution in [-0.4, -0.2) is 29.9 Å². The molecule has 0 spiro atoms. The minimum atomic E-state index is -3.27. The van der Waals surface area contributed by atoms with Gasteiger partial charge in [0.2, 0.25) is 5.91 Å². The average molecular weight is 490 g/mol. The summed E-state index contributed by atoms with van der Waals surface area (Å²) < 4.78 is 31.9. The number of hydrogen-bond donors (Lipinski definition) is 1. The molecule has 180 valence electrons. The van der Waals surface area contributed by atoms with Crippen molar-refractivity contribution < 1.29 is 17.9 Å². The summed E-state index contributed by atoms with van der Waals surface area (Å²) in [6.07, 6.45) is 3.78. The molecule has 35 heavy (non-hydrogen) atoms. The summed E-state index contributed by atoms with van der Waals surface area (Å²) in [5.74, 6) is 1.04. The third kappa shape index (κ3) is 5.96. The molecule has 4 aromatic rings. The van der Waals surface area contributed by atoms with E-state index in [1.165, 1.54) is 12.1 Å². The van der Waals surface area contributed by atoms with E-state index in [2.05, 4.69) is 10.4 Å². The number of nitrogens with zero attached hydrogens (tertiary/aromatic N) is 2. The molecule has 0 aliphatic heterocycles.